The van der Waals surface area contributed by atoms with Gasteiger partial charge in [0.05, 0.1) is 18.2 Å². The molecule has 0 unspecified atom stereocenters. The number of ether oxygens (including phenoxy) is 3. The molecule has 0 radical (unpaired) electrons. The quantitative estimate of drug-likeness (QED) is 0.328. The van der Waals surface area contributed by atoms with Crippen LogP contribution in [0.1, 0.15) is 45.7 Å². The molecule has 0 N–H and O–H groups in total. The lowest BCUT2D eigenvalue weighted by Crippen LogP contribution is -2.21. The summed E-state index contributed by atoms with van der Waals surface area (Å²) in [5.41, 5.74) is 3.95. The van der Waals surface area contributed by atoms with Crippen LogP contribution in [-0.2, 0) is 11.3 Å². The van der Waals surface area contributed by atoms with Gasteiger partial charge in [-0.2, -0.15) is 0 Å². The molecule has 34 heavy (non-hydrogen) atoms. The van der Waals surface area contributed by atoms with Crippen molar-refractivity contribution >= 4 is 23.5 Å². The second-order valence-corrected chi connectivity index (χ2v) is 7.84. The van der Waals surface area contributed by atoms with Crippen LogP contribution in [0.3, 0.4) is 0 Å². The van der Waals surface area contributed by atoms with E-state index < -0.39 is 0 Å². The molecule has 0 bridgehead atoms. The van der Waals surface area contributed by atoms with Gasteiger partial charge in [-0.3, -0.25) is 4.79 Å². The number of anilines is 1. The zero-order valence-electron chi connectivity index (χ0n) is 19.5. The van der Waals surface area contributed by atoms with Crippen LogP contribution in [-0.4, -0.2) is 32.0 Å². The molecule has 4 rings (SSSR count). The normalized spacial score (nSPS) is 13.4. The summed E-state index contributed by atoms with van der Waals surface area (Å²) in [6, 6.07) is 20.3. The Morgan fingerprint density at radius 2 is 1.68 bits per heavy atom. The number of benzene rings is 3. The molecule has 0 fully saturated rings. The molecule has 1 aliphatic heterocycles. The monoisotopic (exact) mass is 457 g/mol. The molecular weight excluding hydrogens is 430 g/mol. The first-order valence-corrected chi connectivity index (χ1v) is 11.3. The summed E-state index contributed by atoms with van der Waals surface area (Å²) in [6.45, 7) is 6.45. The maximum Gasteiger partial charge on any atom is 0.337 e. The summed E-state index contributed by atoms with van der Waals surface area (Å²) in [5.74, 6) is 0.841. The minimum atomic E-state index is -0.378. The number of hydrogen-bond donors (Lipinski definition) is 0. The van der Waals surface area contributed by atoms with E-state index in [1.165, 1.54) is 7.11 Å². The number of hydrogen-bond acceptors (Lipinski definition) is 6. The van der Waals surface area contributed by atoms with Gasteiger partial charge in [0.2, 0.25) is 5.78 Å². The SMILES string of the molecule is CCN(CC)c1ccc(/C=C2\Oc3cc(OCc4ccc(C(=O)OC)cc4)ccc3C2=O)cc1. The molecule has 0 saturated carbocycles. The standard InChI is InChI=1S/C28H27NO5/c1-4-29(5-2)22-12-8-19(9-13-22)16-26-27(30)24-15-14-23(17-25(24)34-26)33-18-20-6-10-21(11-7-20)28(31)32-3/h6-17H,4-5,18H2,1-3H3/b26-16-. The summed E-state index contributed by atoms with van der Waals surface area (Å²) in [5, 5.41) is 0. The van der Waals surface area contributed by atoms with Crippen LogP contribution in [0.5, 0.6) is 11.5 Å². The van der Waals surface area contributed by atoms with E-state index in [4.69, 9.17) is 14.2 Å². The van der Waals surface area contributed by atoms with Crippen molar-refractivity contribution in [3.8, 4) is 11.5 Å². The molecule has 174 valence electrons. The van der Waals surface area contributed by atoms with Crippen LogP contribution < -0.4 is 14.4 Å². The number of methoxy groups -OCH3 is 1. The van der Waals surface area contributed by atoms with Gasteiger partial charge < -0.3 is 19.1 Å². The lowest BCUT2D eigenvalue weighted by Gasteiger charge is -2.20. The molecular formula is C28H27NO5. The third kappa shape index (κ3) is 4.96. The number of nitrogens with zero attached hydrogens (tertiary/aromatic N) is 1. The van der Waals surface area contributed by atoms with Gasteiger partial charge in [0.15, 0.2) is 5.76 Å². The average molecular weight is 458 g/mol. The Hall–Kier alpha value is -4.06. The number of rotatable bonds is 8. The van der Waals surface area contributed by atoms with Crippen LogP contribution in [0, 0.1) is 0 Å². The van der Waals surface area contributed by atoms with E-state index in [0.717, 1.165) is 29.9 Å². The van der Waals surface area contributed by atoms with E-state index in [1.54, 1.807) is 36.4 Å². The lowest BCUT2D eigenvalue weighted by molar-refractivity contribution is 0.0600. The van der Waals surface area contributed by atoms with Gasteiger partial charge in [-0.05, 0) is 67.4 Å². The topological polar surface area (TPSA) is 65.1 Å². The Bertz CT molecular complexity index is 1210. The molecule has 0 aliphatic carbocycles. The molecule has 1 aliphatic rings. The Labute approximate surface area is 199 Å². The van der Waals surface area contributed by atoms with E-state index in [-0.39, 0.29) is 11.8 Å². The van der Waals surface area contributed by atoms with Crippen LogP contribution in [0.25, 0.3) is 6.08 Å². The van der Waals surface area contributed by atoms with Crippen molar-refractivity contribution in [2.75, 3.05) is 25.1 Å². The molecule has 3 aromatic carbocycles. The summed E-state index contributed by atoms with van der Waals surface area (Å²) >= 11 is 0. The summed E-state index contributed by atoms with van der Waals surface area (Å²) in [6.07, 6.45) is 1.76. The summed E-state index contributed by atoms with van der Waals surface area (Å²) in [4.78, 5) is 26.6. The number of fused-ring (bicyclic) bond motifs is 1. The average Bonchev–Trinajstić information content (AvgIpc) is 3.18. The van der Waals surface area contributed by atoms with Crippen molar-refractivity contribution < 1.29 is 23.8 Å². The Kier molecular flexibility index (Phi) is 6.97. The van der Waals surface area contributed by atoms with E-state index in [1.807, 2.05) is 24.3 Å². The number of carbonyl (C=O) groups is 2. The van der Waals surface area contributed by atoms with Gasteiger partial charge in [-0.25, -0.2) is 4.79 Å². The maximum atomic E-state index is 12.8. The molecule has 6 nitrogen and oxygen atoms in total. The molecule has 1 heterocycles. The number of carbonyl (C=O) groups excluding carboxylic acids is 2. The Balaban J connectivity index is 1.43. The zero-order chi connectivity index (χ0) is 24.1. The second kappa shape index (κ2) is 10.3. The van der Waals surface area contributed by atoms with Gasteiger partial charge in [0.1, 0.15) is 18.1 Å². The van der Waals surface area contributed by atoms with Crippen molar-refractivity contribution in [3.05, 3.63) is 94.7 Å². The highest BCUT2D eigenvalue weighted by atomic mass is 16.5. The fourth-order valence-corrected chi connectivity index (χ4v) is 3.80. The predicted octanol–water partition coefficient (Wildman–Crippen LogP) is 5.51. The first kappa shape index (κ1) is 23.1. The molecule has 3 aromatic rings. The molecule has 0 atom stereocenters. The Morgan fingerprint density at radius 1 is 0.971 bits per heavy atom. The molecule has 0 aromatic heterocycles. The molecule has 0 spiro atoms. The Morgan fingerprint density at radius 3 is 2.32 bits per heavy atom. The van der Waals surface area contributed by atoms with Crippen molar-refractivity contribution in [1.82, 2.24) is 0 Å². The highest BCUT2D eigenvalue weighted by Crippen LogP contribution is 2.35. The van der Waals surface area contributed by atoms with Gasteiger partial charge in [0, 0.05) is 24.8 Å². The highest BCUT2D eigenvalue weighted by molar-refractivity contribution is 6.14. The second-order valence-electron chi connectivity index (χ2n) is 7.84. The van der Waals surface area contributed by atoms with Gasteiger partial charge in [-0.15, -0.1) is 0 Å². The van der Waals surface area contributed by atoms with Crippen molar-refractivity contribution in [2.24, 2.45) is 0 Å². The van der Waals surface area contributed by atoms with Crippen LogP contribution in [0.15, 0.2) is 72.5 Å². The minimum Gasteiger partial charge on any atom is -0.489 e. The van der Waals surface area contributed by atoms with Gasteiger partial charge in [-0.1, -0.05) is 24.3 Å². The third-order valence-electron chi connectivity index (χ3n) is 5.74. The van der Waals surface area contributed by atoms with Crippen molar-refractivity contribution in [1.29, 1.82) is 0 Å². The van der Waals surface area contributed by atoms with Crippen LogP contribution >= 0.6 is 0 Å². The van der Waals surface area contributed by atoms with Crippen molar-refractivity contribution in [3.63, 3.8) is 0 Å². The van der Waals surface area contributed by atoms with E-state index in [2.05, 4.69) is 30.9 Å². The van der Waals surface area contributed by atoms with E-state index in [9.17, 15) is 9.59 Å². The first-order chi connectivity index (χ1) is 16.5. The van der Waals surface area contributed by atoms with Crippen LogP contribution in [0.4, 0.5) is 5.69 Å². The van der Waals surface area contributed by atoms with Gasteiger partial charge >= 0.3 is 5.97 Å². The van der Waals surface area contributed by atoms with Crippen LogP contribution in [0.2, 0.25) is 0 Å². The number of ketones is 1. The predicted molar refractivity (Wildman–Crippen MR) is 131 cm³/mol. The lowest BCUT2D eigenvalue weighted by atomic mass is 10.1. The van der Waals surface area contributed by atoms with E-state index >= 15 is 0 Å². The number of Topliss-reactive ketones (excluding diaryl/α,β-unsaturated/α-hetero) is 1. The number of esters is 1. The highest BCUT2D eigenvalue weighted by Gasteiger charge is 2.27. The zero-order valence-corrected chi connectivity index (χ0v) is 19.5. The fraction of sp³-hybridized carbons (Fsp3) is 0.214. The molecule has 0 amide bonds. The smallest absolute Gasteiger partial charge is 0.337 e. The first-order valence-electron chi connectivity index (χ1n) is 11.3. The summed E-state index contributed by atoms with van der Waals surface area (Å²) < 4.78 is 16.4. The molecule has 6 heteroatoms. The maximum absolute atomic E-state index is 12.8. The fourth-order valence-electron chi connectivity index (χ4n) is 3.80. The largest absolute Gasteiger partial charge is 0.489 e. The number of allylic oxidation sites excluding steroid dienone is 1. The minimum absolute atomic E-state index is 0.146. The molecule has 0 saturated heterocycles. The van der Waals surface area contributed by atoms with Crippen molar-refractivity contribution in [2.45, 2.75) is 20.5 Å². The van der Waals surface area contributed by atoms with Gasteiger partial charge in [0.25, 0.3) is 0 Å². The summed E-state index contributed by atoms with van der Waals surface area (Å²) in [7, 11) is 1.35. The van der Waals surface area contributed by atoms with E-state index in [0.29, 0.717) is 35.0 Å². The third-order valence-corrected chi connectivity index (χ3v) is 5.74.